The molecule has 1 amide bonds. The number of benzene rings is 1. The van der Waals surface area contributed by atoms with Crippen molar-refractivity contribution in [3.8, 4) is 5.75 Å². The molecule has 0 bridgehead atoms. The second-order valence-corrected chi connectivity index (χ2v) is 5.09. The monoisotopic (exact) mass is 308 g/mol. The van der Waals surface area contributed by atoms with Gasteiger partial charge < -0.3 is 20.9 Å². The number of aliphatic carboxylic acids is 1. The average molecular weight is 308 g/mol. The van der Waals surface area contributed by atoms with Gasteiger partial charge in [0.2, 0.25) is 5.91 Å². The van der Waals surface area contributed by atoms with Crippen LogP contribution in [0, 0.1) is 0 Å². The number of nitrogens with one attached hydrogen (secondary N) is 1. The number of carboxylic acids is 1. The van der Waals surface area contributed by atoms with Crippen LogP contribution in [0.15, 0.2) is 24.3 Å². The maximum atomic E-state index is 11.9. The van der Waals surface area contributed by atoms with E-state index in [4.69, 9.17) is 15.6 Å². The van der Waals surface area contributed by atoms with Crippen molar-refractivity contribution < 1.29 is 19.4 Å². The normalized spacial score (nSPS) is 11.7. The zero-order chi connectivity index (χ0) is 16.4. The van der Waals surface area contributed by atoms with E-state index in [2.05, 4.69) is 5.32 Å². The smallest absolute Gasteiger partial charge is 0.326 e. The van der Waals surface area contributed by atoms with E-state index in [0.29, 0.717) is 25.8 Å². The van der Waals surface area contributed by atoms with Crippen molar-refractivity contribution in [3.63, 3.8) is 0 Å². The molecule has 0 saturated carbocycles. The average Bonchev–Trinajstić information content (AvgIpc) is 2.52. The lowest BCUT2D eigenvalue weighted by Crippen LogP contribution is -2.40. The van der Waals surface area contributed by atoms with Crippen LogP contribution in [0.4, 0.5) is 0 Å². The Morgan fingerprint density at radius 1 is 1.27 bits per heavy atom. The van der Waals surface area contributed by atoms with Crippen molar-refractivity contribution >= 4 is 11.9 Å². The molecule has 6 heteroatoms. The molecule has 1 rings (SSSR count). The summed E-state index contributed by atoms with van der Waals surface area (Å²) in [5.74, 6) is -0.496. The van der Waals surface area contributed by atoms with Gasteiger partial charge in [-0.2, -0.15) is 0 Å². The summed E-state index contributed by atoms with van der Waals surface area (Å²) in [6.07, 6.45) is 2.66. The van der Waals surface area contributed by atoms with Crippen LogP contribution >= 0.6 is 0 Å². The van der Waals surface area contributed by atoms with Crippen molar-refractivity contribution in [3.05, 3.63) is 29.8 Å². The van der Waals surface area contributed by atoms with Crippen LogP contribution in [0.25, 0.3) is 0 Å². The third kappa shape index (κ3) is 6.58. The summed E-state index contributed by atoms with van der Waals surface area (Å²) >= 11 is 0. The third-order valence-corrected chi connectivity index (χ3v) is 3.38. The fourth-order valence-corrected chi connectivity index (χ4v) is 2.07. The summed E-state index contributed by atoms with van der Waals surface area (Å²) in [5.41, 5.74) is 6.39. The molecule has 0 aliphatic rings. The first kappa shape index (κ1) is 18.0. The zero-order valence-electron chi connectivity index (χ0n) is 12.9. The van der Waals surface area contributed by atoms with Gasteiger partial charge in [0.25, 0.3) is 0 Å². The minimum Gasteiger partial charge on any atom is -0.497 e. The van der Waals surface area contributed by atoms with Gasteiger partial charge in [-0.3, -0.25) is 4.79 Å². The predicted octanol–water partition coefficient (Wildman–Crippen LogP) is 1.33. The Bertz CT molecular complexity index is 474. The van der Waals surface area contributed by atoms with Crippen LogP contribution < -0.4 is 15.8 Å². The van der Waals surface area contributed by atoms with Crippen molar-refractivity contribution in [1.29, 1.82) is 0 Å². The molecule has 1 aromatic carbocycles. The van der Waals surface area contributed by atoms with E-state index >= 15 is 0 Å². The molecule has 0 fully saturated rings. The molecule has 4 N–H and O–H groups in total. The number of ether oxygens (including phenoxy) is 1. The summed E-state index contributed by atoms with van der Waals surface area (Å²) in [4.78, 5) is 23.0. The molecular weight excluding hydrogens is 284 g/mol. The van der Waals surface area contributed by atoms with Crippen molar-refractivity contribution in [1.82, 2.24) is 5.32 Å². The molecule has 0 unspecified atom stereocenters. The molecule has 122 valence electrons. The Labute approximate surface area is 130 Å². The Hall–Kier alpha value is -2.08. The standard InChI is InChI=1S/C16H24N2O4/c1-22-13-8-5-12(6-9-13)7-10-15(19)18-14(16(20)21)4-2-3-11-17/h5-6,8-9,14H,2-4,7,10-11,17H2,1H3,(H,18,19)(H,20,21)/t14-/m0/s1. The second-order valence-electron chi connectivity index (χ2n) is 5.09. The maximum absolute atomic E-state index is 11.9. The molecule has 6 nitrogen and oxygen atoms in total. The van der Waals surface area contributed by atoms with Crippen LogP contribution in [0.3, 0.4) is 0 Å². The highest BCUT2D eigenvalue weighted by Crippen LogP contribution is 2.12. The molecular formula is C16H24N2O4. The molecule has 0 aliphatic carbocycles. The van der Waals surface area contributed by atoms with E-state index in [-0.39, 0.29) is 12.3 Å². The molecule has 0 spiro atoms. The number of aryl methyl sites for hydroxylation is 1. The molecule has 1 aromatic rings. The predicted molar refractivity (Wildman–Crippen MR) is 83.8 cm³/mol. The number of hydrogen-bond donors (Lipinski definition) is 3. The topological polar surface area (TPSA) is 102 Å². The quantitative estimate of drug-likeness (QED) is 0.566. The number of carbonyl (C=O) groups is 2. The molecule has 22 heavy (non-hydrogen) atoms. The lowest BCUT2D eigenvalue weighted by atomic mass is 10.1. The number of nitrogens with two attached hydrogens (primary N) is 1. The van der Waals surface area contributed by atoms with Crippen molar-refractivity contribution in [2.24, 2.45) is 5.73 Å². The molecule has 0 aromatic heterocycles. The van der Waals surface area contributed by atoms with E-state index in [1.165, 1.54) is 0 Å². The highest BCUT2D eigenvalue weighted by molar-refractivity contribution is 5.83. The van der Waals surface area contributed by atoms with Gasteiger partial charge in [-0.05, 0) is 49.9 Å². The molecule has 0 radical (unpaired) electrons. The van der Waals surface area contributed by atoms with Gasteiger partial charge in [0.1, 0.15) is 11.8 Å². The van der Waals surface area contributed by atoms with Crippen LogP contribution in [0.5, 0.6) is 5.75 Å². The summed E-state index contributed by atoms with van der Waals surface area (Å²) in [6, 6.07) is 6.61. The van der Waals surface area contributed by atoms with Gasteiger partial charge >= 0.3 is 5.97 Å². The van der Waals surface area contributed by atoms with E-state index in [1.54, 1.807) is 7.11 Å². The third-order valence-electron chi connectivity index (χ3n) is 3.38. The zero-order valence-corrected chi connectivity index (χ0v) is 12.9. The van der Waals surface area contributed by atoms with Crippen molar-refractivity contribution in [2.75, 3.05) is 13.7 Å². The fraction of sp³-hybridized carbons (Fsp3) is 0.500. The number of hydrogen-bond acceptors (Lipinski definition) is 4. The van der Waals surface area contributed by atoms with Gasteiger partial charge in [-0.15, -0.1) is 0 Å². The molecule has 0 heterocycles. The van der Waals surface area contributed by atoms with E-state index in [1.807, 2.05) is 24.3 Å². The van der Waals surface area contributed by atoms with Gasteiger partial charge in [0, 0.05) is 6.42 Å². The Kier molecular flexibility index (Phi) is 7.99. The summed E-state index contributed by atoms with van der Waals surface area (Å²) in [5, 5.41) is 11.7. The van der Waals surface area contributed by atoms with Crippen LogP contribution in [-0.4, -0.2) is 36.7 Å². The Morgan fingerprint density at radius 2 is 1.95 bits per heavy atom. The van der Waals surface area contributed by atoms with Crippen LogP contribution in [0.2, 0.25) is 0 Å². The fourth-order valence-electron chi connectivity index (χ4n) is 2.07. The summed E-state index contributed by atoms with van der Waals surface area (Å²) in [7, 11) is 1.60. The van der Waals surface area contributed by atoms with Crippen LogP contribution in [0.1, 0.15) is 31.2 Å². The van der Waals surface area contributed by atoms with Crippen LogP contribution in [-0.2, 0) is 16.0 Å². The van der Waals surface area contributed by atoms with E-state index in [9.17, 15) is 9.59 Å². The highest BCUT2D eigenvalue weighted by atomic mass is 16.5. The number of carbonyl (C=O) groups excluding carboxylic acids is 1. The highest BCUT2D eigenvalue weighted by Gasteiger charge is 2.18. The van der Waals surface area contributed by atoms with Gasteiger partial charge in [0.15, 0.2) is 0 Å². The number of methoxy groups -OCH3 is 1. The van der Waals surface area contributed by atoms with Gasteiger partial charge in [-0.1, -0.05) is 12.1 Å². The van der Waals surface area contributed by atoms with E-state index < -0.39 is 12.0 Å². The molecule has 0 saturated heterocycles. The largest absolute Gasteiger partial charge is 0.497 e. The van der Waals surface area contributed by atoms with Gasteiger partial charge in [0.05, 0.1) is 7.11 Å². The number of amides is 1. The number of unbranched alkanes of at least 4 members (excludes halogenated alkanes) is 1. The first-order valence-corrected chi connectivity index (χ1v) is 7.42. The minimum absolute atomic E-state index is 0.254. The summed E-state index contributed by atoms with van der Waals surface area (Å²) < 4.78 is 5.07. The maximum Gasteiger partial charge on any atom is 0.326 e. The first-order chi connectivity index (χ1) is 10.6. The summed E-state index contributed by atoms with van der Waals surface area (Å²) in [6.45, 7) is 0.526. The first-order valence-electron chi connectivity index (χ1n) is 7.42. The van der Waals surface area contributed by atoms with Crippen molar-refractivity contribution in [2.45, 2.75) is 38.1 Å². The lowest BCUT2D eigenvalue weighted by Gasteiger charge is -2.14. The SMILES string of the molecule is COc1ccc(CCC(=O)N[C@@H](CCCCN)C(=O)O)cc1. The molecule has 1 atom stereocenters. The van der Waals surface area contributed by atoms with Gasteiger partial charge in [-0.25, -0.2) is 4.79 Å². The van der Waals surface area contributed by atoms with E-state index in [0.717, 1.165) is 17.7 Å². The molecule has 0 aliphatic heterocycles. The number of rotatable bonds is 10. The number of carboxylic acid groups (broad SMARTS) is 1. The Morgan fingerprint density at radius 3 is 2.50 bits per heavy atom. The minimum atomic E-state index is -1.00. The second kappa shape index (κ2) is 9.78. The lowest BCUT2D eigenvalue weighted by molar-refractivity contribution is -0.142. The Balaban J connectivity index is 2.40.